The van der Waals surface area contributed by atoms with Crippen molar-refractivity contribution in [2.45, 2.75) is 40.2 Å². The lowest BCUT2D eigenvalue weighted by Crippen LogP contribution is -2.25. The fourth-order valence-electron chi connectivity index (χ4n) is 2.08. The highest BCUT2D eigenvalue weighted by molar-refractivity contribution is 6.30. The molecule has 1 aromatic rings. The molecular weight excluding hydrogens is 258 g/mol. The van der Waals surface area contributed by atoms with Crippen LogP contribution in [0, 0.1) is 11.3 Å². The first-order chi connectivity index (χ1) is 8.79. The Morgan fingerprint density at radius 1 is 1.32 bits per heavy atom. The monoisotopic (exact) mass is 283 g/mol. The van der Waals surface area contributed by atoms with Crippen LogP contribution in [0.25, 0.3) is 0 Å². The second kappa shape index (κ2) is 6.62. The van der Waals surface area contributed by atoms with Gasteiger partial charge in [0.15, 0.2) is 0 Å². The van der Waals surface area contributed by atoms with Crippen LogP contribution in [0.4, 0.5) is 0 Å². The third-order valence-corrected chi connectivity index (χ3v) is 4.22. The molecule has 0 aliphatic carbocycles. The number of nitrogens with one attached hydrogen (secondary N) is 1. The molecule has 2 nitrogen and oxygen atoms in total. The minimum Gasteiger partial charge on any atom is -0.496 e. The molecule has 0 fully saturated rings. The van der Waals surface area contributed by atoms with Gasteiger partial charge in [0.05, 0.1) is 7.11 Å². The van der Waals surface area contributed by atoms with E-state index in [-0.39, 0.29) is 6.04 Å². The Labute approximate surface area is 122 Å². The summed E-state index contributed by atoms with van der Waals surface area (Å²) in [6.45, 7) is 9.13. The molecule has 0 saturated heterocycles. The van der Waals surface area contributed by atoms with Crippen molar-refractivity contribution in [3.8, 4) is 5.75 Å². The summed E-state index contributed by atoms with van der Waals surface area (Å²) in [6, 6.07) is 6.05. The maximum atomic E-state index is 6.12. The zero-order chi connectivity index (χ0) is 14.6. The molecule has 1 rings (SSSR count). The number of halogens is 1. The van der Waals surface area contributed by atoms with Crippen LogP contribution in [0.1, 0.15) is 45.7 Å². The van der Waals surface area contributed by atoms with Gasteiger partial charge >= 0.3 is 0 Å². The molecule has 0 aliphatic heterocycles. The van der Waals surface area contributed by atoms with Crippen molar-refractivity contribution in [1.29, 1.82) is 0 Å². The summed E-state index contributed by atoms with van der Waals surface area (Å²) in [5.74, 6) is 1.48. The second-order valence-electron chi connectivity index (χ2n) is 6.23. The van der Waals surface area contributed by atoms with Gasteiger partial charge in [-0.15, -0.1) is 0 Å². The average Bonchev–Trinajstić information content (AvgIpc) is 2.34. The summed E-state index contributed by atoms with van der Waals surface area (Å²) < 4.78 is 5.45. The SMILES string of the molecule is CNC(CC(C)C(C)(C)C)c1cc(Cl)ccc1OC. The lowest BCUT2D eigenvalue weighted by atomic mass is 9.77. The van der Waals surface area contributed by atoms with Crippen LogP contribution in [-0.2, 0) is 0 Å². The third-order valence-electron chi connectivity index (χ3n) is 3.98. The molecule has 3 heteroatoms. The van der Waals surface area contributed by atoms with Gasteiger partial charge in [-0.3, -0.25) is 0 Å². The number of methoxy groups -OCH3 is 1. The molecule has 1 N–H and O–H groups in total. The number of rotatable bonds is 5. The van der Waals surface area contributed by atoms with Gasteiger partial charge in [0.2, 0.25) is 0 Å². The summed E-state index contributed by atoms with van der Waals surface area (Å²) in [4.78, 5) is 0. The lowest BCUT2D eigenvalue weighted by Gasteiger charge is -2.31. The maximum Gasteiger partial charge on any atom is 0.123 e. The van der Waals surface area contributed by atoms with Crippen molar-refractivity contribution < 1.29 is 4.74 Å². The highest BCUT2D eigenvalue weighted by Crippen LogP contribution is 2.36. The summed E-state index contributed by atoms with van der Waals surface area (Å²) >= 11 is 6.12. The van der Waals surface area contributed by atoms with Crippen LogP contribution in [0.3, 0.4) is 0 Å². The van der Waals surface area contributed by atoms with E-state index < -0.39 is 0 Å². The van der Waals surface area contributed by atoms with Crippen molar-refractivity contribution in [2.24, 2.45) is 11.3 Å². The van der Waals surface area contributed by atoms with E-state index in [0.717, 1.165) is 22.8 Å². The van der Waals surface area contributed by atoms with Gasteiger partial charge in [0.1, 0.15) is 5.75 Å². The van der Waals surface area contributed by atoms with Crippen molar-refractivity contribution in [3.63, 3.8) is 0 Å². The fraction of sp³-hybridized carbons (Fsp3) is 0.625. The third kappa shape index (κ3) is 4.39. The molecule has 0 aromatic heterocycles. The molecule has 0 heterocycles. The first-order valence-electron chi connectivity index (χ1n) is 6.80. The van der Waals surface area contributed by atoms with Crippen LogP contribution in [0.5, 0.6) is 5.75 Å². The zero-order valence-electron chi connectivity index (χ0n) is 12.9. The average molecular weight is 284 g/mol. The van der Waals surface area contributed by atoms with Gasteiger partial charge in [-0.25, -0.2) is 0 Å². The Morgan fingerprint density at radius 3 is 2.42 bits per heavy atom. The number of benzene rings is 1. The Bertz CT molecular complexity index is 412. The summed E-state index contributed by atoms with van der Waals surface area (Å²) in [5.41, 5.74) is 1.43. The van der Waals surface area contributed by atoms with E-state index >= 15 is 0 Å². The van der Waals surface area contributed by atoms with E-state index in [1.807, 2.05) is 25.2 Å². The highest BCUT2D eigenvalue weighted by Gasteiger charge is 2.25. The lowest BCUT2D eigenvalue weighted by molar-refractivity contribution is 0.224. The van der Waals surface area contributed by atoms with Crippen LogP contribution in [0.2, 0.25) is 5.02 Å². The predicted octanol–water partition coefficient (Wildman–Crippen LogP) is 4.68. The molecule has 0 radical (unpaired) electrons. The quantitative estimate of drug-likeness (QED) is 0.847. The molecule has 0 aliphatic rings. The second-order valence-corrected chi connectivity index (χ2v) is 6.67. The maximum absolute atomic E-state index is 6.12. The van der Waals surface area contributed by atoms with Crippen LogP contribution in [-0.4, -0.2) is 14.2 Å². The van der Waals surface area contributed by atoms with E-state index in [1.165, 1.54) is 0 Å². The molecule has 2 unspecified atom stereocenters. The molecule has 0 bridgehead atoms. The van der Waals surface area contributed by atoms with Crippen molar-refractivity contribution in [2.75, 3.05) is 14.2 Å². The topological polar surface area (TPSA) is 21.3 Å². The standard InChI is InChI=1S/C16H26ClNO/c1-11(16(2,3)4)9-14(18-5)13-10-12(17)7-8-15(13)19-6/h7-8,10-11,14,18H,9H2,1-6H3. The van der Waals surface area contributed by atoms with Crippen LogP contribution in [0.15, 0.2) is 18.2 Å². The van der Waals surface area contributed by atoms with Gasteiger partial charge in [-0.05, 0) is 43.0 Å². The van der Waals surface area contributed by atoms with E-state index in [0.29, 0.717) is 11.3 Å². The first-order valence-corrected chi connectivity index (χ1v) is 7.18. The van der Waals surface area contributed by atoms with Crippen LogP contribution >= 0.6 is 11.6 Å². The van der Waals surface area contributed by atoms with E-state index in [4.69, 9.17) is 16.3 Å². The smallest absolute Gasteiger partial charge is 0.123 e. The highest BCUT2D eigenvalue weighted by atomic mass is 35.5. The summed E-state index contributed by atoms with van der Waals surface area (Å²) in [5, 5.41) is 4.13. The minimum atomic E-state index is 0.253. The number of ether oxygens (including phenoxy) is 1. The van der Waals surface area contributed by atoms with Gasteiger partial charge in [-0.2, -0.15) is 0 Å². The Balaban J connectivity index is 3.00. The van der Waals surface area contributed by atoms with Crippen LogP contribution < -0.4 is 10.1 Å². The Kier molecular flexibility index (Phi) is 5.69. The Morgan fingerprint density at radius 2 is 1.95 bits per heavy atom. The normalized spacial score (nSPS) is 15.1. The molecule has 0 amide bonds. The van der Waals surface area contributed by atoms with E-state index in [9.17, 15) is 0 Å². The molecule has 108 valence electrons. The molecule has 19 heavy (non-hydrogen) atoms. The molecule has 1 aromatic carbocycles. The number of hydrogen-bond acceptors (Lipinski definition) is 2. The van der Waals surface area contributed by atoms with Gasteiger partial charge < -0.3 is 10.1 Å². The predicted molar refractivity (Wildman–Crippen MR) is 83.0 cm³/mol. The number of hydrogen-bond donors (Lipinski definition) is 1. The van der Waals surface area contributed by atoms with Gasteiger partial charge in [0, 0.05) is 16.6 Å². The largest absolute Gasteiger partial charge is 0.496 e. The fourth-order valence-corrected chi connectivity index (χ4v) is 2.27. The van der Waals surface area contributed by atoms with E-state index in [2.05, 4.69) is 33.0 Å². The molecule has 0 saturated carbocycles. The Hall–Kier alpha value is -0.730. The van der Waals surface area contributed by atoms with Crippen molar-refractivity contribution >= 4 is 11.6 Å². The summed E-state index contributed by atoms with van der Waals surface area (Å²) in [6.07, 6.45) is 1.05. The minimum absolute atomic E-state index is 0.253. The molecular formula is C16H26ClNO. The van der Waals surface area contributed by atoms with Gasteiger partial charge in [-0.1, -0.05) is 39.3 Å². The zero-order valence-corrected chi connectivity index (χ0v) is 13.6. The molecule has 0 spiro atoms. The molecule has 2 atom stereocenters. The summed E-state index contributed by atoms with van der Waals surface area (Å²) in [7, 11) is 3.69. The van der Waals surface area contributed by atoms with Crippen molar-refractivity contribution in [3.05, 3.63) is 28.8 Å². The van der Waals surface area contributed by atoms with E-state index in [1.54, 1.807) is 7.11 Å². The van der Waals surface area contributed by atoms with Crippen molar-refractivity contribution in [1.82, 2.24) is 5.32 Å². The first kappa shape index (κ1) is 16.3. The van der Waals surface area contributed by atoms with Gasteiger partial charge in [0.25, 0.3) is 0 Å².